The van der Waals surface area contributed by atoms with E-state index in [1.54, 1.807) is 10.7 Å². The molecule has 6 heteroatoms. The number of benzene rings is 1. The molecule has 0 aliphatic heterocycles. The summed E-state index contributed by atoms with van der Waals surface area (Å²) >= 11 is 3.17. The molecule has 1 aromatic carbocycles. The molecular weight excluding hydrogens is 299 g/mol. The van der Waals surface area contributed by atoms with Crippen molar-refractivity contribution < 1.29 is 4.39 Å². The Morgan fingerprint density at radius 3 is 2.94 bits per heavy atom. The lowest BCUT2D eigenvalue weighted by molar-refractivity contribution is 0.618. The number of hydrogen-bond acceptors (Lipinski definition) is 3. The largest absolute Gasteiger partial charge is 0.330 e. The summed E-state index contributed by atoms with van der Waals surface area (Å²) in [5.74, 6) is -0.278. The van der Waals surface area contributed by atoms with E-state index >= 15 is 0 Å². The monoisotopic (exact) mass is 312 g/mol. The predicted molar refractivity (Wildman–Crippen MR) is 71.1 cm³/mol. The zero-order valence-electron chi connectivity index (χ0n) is 10.0. The maximum Gasteiger partial charge on any atom is 0.137 e. The summed E-state index contributed by atoms with van der Waals surface area (Å²) in [6.07, 6.45) is 3.53. The van der Waals surface area contributed by atoms with Crippen molar-refractivity contribution in [1.82, 2.24) is 15.0 Å². The number of aryl methyl sites for hydroxylation is 2. The molecule has 4 nitrogen and oxygen atoms in total. The normalized spacial score (nSPS) is 10.9. The Labute approximate surface area is 113 Å². The van der Waals surface area contributed by atoms with E-state index in [1.165, 1.54) is 6.07 Å². The maximum atomic E-state index is 13.3. The van der Waals surface area contributed by atoms with Crippen molar-refractivity contribution in [2.75, 3.05) is 6.54 Å². The topological polar surface area (TPSA) is 56.7 Å². The Kier molecular flexibility index (Phi) is 4.08. The van der Waals surface area contributed by atoms with Crippen LogP contribution < -0.4 is 5.73 Å². The summed E-state index contributed by atoms with van der Waals surface area (Å²) in [6, 6.07) is 3.17. The van der Waals surface area contributed by atoms with Crippen LogP contribution in [0.25, 0.3) is 5.69 Å². The van der Waals surface area contributed by atoms with Crippen molar-refractivity contribution >= 4 is 15.9 Å². The van der Waals surface area contributed by atoms with Gasteiger partial charge in [0.25, 0.3) is 0 Å². The van der Waals surface area contributed by atoms with Gasteiger partial charge < -0.3 is 5.73 Å². The molecule has 0 unspecified atom stereocenters. The minimum absolute atomic E-state index is 0.278. The third-order valence-electron chi connectivity index (χ3n) is 2.66. The molecule has 0 spiro atoms. The second kappa shape index (κ2) is 5.58. The van der Waals surface area contributed by atoms with Crippen LogP contribution >= 0.6 is 15.9 Å². The fraction of sp³-hybridized carbons (Fsp3) is 0.333. The quantitative estimate of drug-likeness (QED) is 0.943. The first kappa shape index (κ1) is 13.2. The Balaban J connectivity index is 2.31. The van der Waals surface area contributed by atoms with Gasteiger partial charge in [0.05, 0.1) is 22.1 Å². The molecule has 1 aromatic heterocycles. The third-order valence-corrected chi connectivity index (χ3v) is 3.27. The van der Waals surface area contributed by atoms with E-state index in [-0.39, 0.29) is 5.82 Å². The van der Waals surface area contributed by atoms with Crippen molar-refractivity contribution in [3.63, 3.8) is 0 Å². The summed E-state index contributed by atoms with van der Waals surface area (Å²) < 4.78 is 15.4. The van der Waals surface area contributed by atoms with Gasteiger partial charge >= 0.3 is 0 Å². The highest BCUT2D eigenvalue weighted by Crippen LogP contribution is 2.22. The minimum Gasteiger partial charge on any atom is -0.330 e. The molecule has 0 bridgehead atoms. The first-order valence-corrected chi connectivity index (χ1v) is 6.48. The van der Waals surface area contributed by atoms with Crippen LogP contribution in [0.5, 0.6) is 0 Å². The van der Waals surface area contributed by atoms with Gasteiger partial charge in [-0.2, -0.15) is 0 Å². The van der Waals surface area contributed by atoms with E-state index in [4.69, 9.17) is 5.73 Å². The summed E-state index contributed by atoms with van der Waals surface area (Å²) in [5.41, 5.74) is 7.97. The summed E-state index contributed by atoms with van der Waals surface area (Å²) in [6.45, 7) is 2.47. The van der Waals surface area contributed by atoms with Gasteiger partial charge in [-0.25, -0.2) is 9.07 Å². The van der Waals surface area contributed by atoms with Crippen LogP contribution in [0.3, 0.4) is 0 Å². The highest BCUT2D eigenvalue weighted by molar-refractivity contribution is 9.10. The zero-order valence-corrected chi connectivity index (χ0v) is 11.6. The van der Waals surface area contributed by atoms with E-state index in [9.17, 15) is 4.39 Å². The molecule has 2 rings (SSSR count). The minimum atomic E-state index is -0.278. The molecule has 2 aromatic rings. The van der Waals surface area contributed by atoms with Crippen LogP contribution in [0.2, 0.25) is 0 Å². The van der Waals surface area contributed by atoms with Crippen LogP contribution in [-0.4, -0.2) is 21.5 Å². The molecule has 0 aliphatic carbocycles. The van der Waals surface area contributed by atoms with Crippen LogP contribution in [-0.2, 0) is 6.42 Å². The van der Waals surface area contributed by atoms with E-state index < -0.39 is 0 Å². The van der Waals surface area contributed by atoms with Crippen molar-refractivity contribution in [2.45, 2.75) is 19.8 Å². The van der Waals surface area contributed by atoms with Crippen LogP contribution in [0.1, 0.15) is 17.7 Å². The number of nitrogens with zero attached hydrogens (tertiary/aromatic N) is 3. The molecule has 0 fully saturated rings. The Morgan fingerprint density at radius 1 is 1.44 bits per heavy atom. The van der Waals surface area contributed by atoms with Crippen molar-refractivity contribution in [3.8, 4) is 5.69 Å². The third kappa shape index (κ3) is 2.76. The van der Waals surface area contributed by atoms with Gasteiger partial charge in [-0.1, -0.05) is 5.21 Å². The SMILES string of the molecule is Cc1cc(F)c(Br)cc1-n1cc(CCCN)nn1. The van der Waals surface area contributed by atoms with Crippen LogP contribution in [0.15, 0.2) is 22.8 Å². The van der Waals surface area contributed by atoms with Crippen LogP contribution in [0, 0.1) is 12.7 Å². The van der Waals surface area contributed by atoms with Gasteiger partial charge in [-0.15, -0.1) is 5.10 Å². The molecule has 0 saturated carbocycles. The zero-order chi connectivity index (χ0) is 13.1. The Bertz CT molecular complexity index is 553. The second-order valence-corrected chi connectivity index (χ2v) is 4.95. The first-order valence-electron chi connectivity index (χ1n) is 5.69. The number of halogens is 2. The van der Waals surface area contributed by atoms with Gasteiger partial charge in [0.2, 0.25) is 0 Å². The molecule has 0 atom stereocenters. The summed E-state index contributed by atoms with van der Waals surface area (Å²) in [5, 5.41) is 8.13. The average molecular weight is 313 g/mol. The molecule has 96 valence electrons. The fourth-order valence-electron chi connectivity index (χ4n) is 1.70. The lowest BCUT2D eigenvalue weighted by Gasteiger charge is -2.06. The fourth-order valence-corrected chi connectivity index (χ4v) is 2.03. The maximum absolute atomic E-state index is 13.3. The van der Waals surface area contributed by atoms with E-state index in [1.807, 2.05) is 13.1 Å². The molecule has 0 amide bonds. The van der Waals surface area contributed by atoms with Gasteiger partial charge in [0.15, 0.2) is 0 Å². The van der Waals surface area contributed by atoms with Crippen molar-refractivity contribution in [3.05, 3.63) is 39.9 Å². The van der Waals surface area contributed by atoms with Gasteiger partial charge in [0.1, 0.15) is 5.82 Å². The Hall–Kier alpha value is -1.27. The van der Waals surface area contributed by atoms with Crippen molar-refractivity contribution in [1.29, 1.82) is 0 Å². The average Bonchev–Trinajstić information content (AvgIpc) is 2.79. The first-order chi connectivity index (χ1) is 8.61. The van der Waals surface area contributed by atoms with E-state index in [0.29, 0.717) is 11.0 Å². The molecule has 0 aliphatic rings. The molecule has 0 saturated heterocycles. The molecular formula is C12H14BrFN4. The number of hydrogen-bond donors (Lipinski definition) is 1. The van der Waals surface area contributed by atoms with Gasteiger partial charge in [0, 0.05) is 0 Å². The lowest BCUT2D eigenvalue weighted by atomic mass is 10.2. The second-order valence-electron chi connectivity index (χ2n) is 4.10. The van der Waals surface area contributed by atoms with Gasteiger partial charge in [-0.05, 0) is 59.9 Å². The standard InChI is InChI=1S/C12H14BrFN4/c1-8-5-11(14)10(13)6-12(8)18-7-9(16-17-18)3-2-4-15/h5-7H,2-4,15H2,1H3. The van der Waals surface area contributed by atoms with E-state index in [2.05, 4.69) is 26.2 Å². The number of nitrogens with two attached hydrogens (primary N) is 1. The highest BCUT2D eigenvalue weighted by atomic mass is 79.9. The number of rotatable bonds is 4. The highest BCUT2D eigenvalue weighted by Gasteiger charge is 2.09. The van der Waals surface area contributed by atoms with Crippen LogP contribution in [0.4, 0.5) is 4.39 Å². The smallest absolute Gasteiger partial charge is 0.137 e. The molecule has 1 heterocycles. The predicted octanol–water partition coefficient (Wildman–Crippen LogP) is 2.37. The lowest BCUT2D eigenvalue weighted by Crippen LogP contribution is -2.00. The van der Waals surface area contributed by atoms with E-state index in [0.717, 1.165) is 29.8 Å². The summed E-state index contributed by atoms with van der Waals surface area (Å²) in [7, 11) is 0. The van der Waals surface area contributed by atoms with Gasteiger partial charge in [-0.3, -0.25) is 0 Å². The van der Waals surface area contributed by atoms with Crippen molar-refractivity contribution in [2.24, 2.45) is 5.73 Å². The summed E-state index contributed by atoms with van der Waals surface area (Å²) in [4.78, 5) is 0. The molecule has 2 N–H and O–H groups in total. The molecule has 18 heavy (non-hydrogen) atoms. The number of aromatic nitrogens is 3. The Morgan fingerprint density at radius 2 is 2.22 bits per heavy atom. The molecule has 0 radical (unpaired) electrons.